The van der Waals surface area contributed by atoms with E-state index in [1.54, 1.807) is 11.5 Å². The summed E-state index contributed by atoms with van der Waals surface area (Å²) in [6.07, 6.45) is 1.04. The number of nitrogens with one attached hydrogen (secondary N) is 1. The highest BCUT2D eigenvalue weighted by Crippen LogP contribution is 2.09. The van der Waals surface area contributed by atoms with Crippen LogP contribution in [0.2, 0.25) is 0 Å². The molecule has 0 radical (unpaired) electrons. The van der Waals surface area contributed by atoms with Gasteiger partial charge in [-0.15, -0.1) is 0 Å². The highest BCUT2D eigenvalue weighted by molar-refractivity contribution is 7.05. The molecule has 0 aromatic carbocycles. The second-order valence-corrected chi connectivity index (χ2v) is 3.06. The van der Waals surface area contributed by atoms with Gasteiger partial charge in [0.05, 0.1) is 5.69 Å². The van der Waals surface area contributed by atoms with Crippen molar-refractivity contribution in [1.82, 2.24) is 9.69 Å². The summed E-state index contributed by atoms with van der Waals surface area (Å²) >= 11 is 1.59. The first-order chi connectivity index (χ1) is 4.86. The van der Waals surface area contributed by atoms with Crippen LogP contribution in [0.15, 0.2) is 6.07 Å². The van der Waals surface area contributed by atoms with Gasteiger partial charge in [-0.1, -0.05) is 6.92 Å². The fourth-order valence-electron chi connectivity index (χ4n) is 0.780. The van der Waals surface area contributed by atoms with Crippen LogP contribution in [0, 0.1) is 0 Å². The molecule has 0 spiro atoms. The Kier molecular flexibility index (Phi) is 2.83. The summed E-state index contributed by atoms with van der Waals surface area (Å²) in [5, 5.41) is 3.09. The van der Waals surface area contributed by atoms with E-state index >= 15 is 0 Å². The number of hydrogen-bond acceptors (Lipinski definition) is 3. The van der Waals surface area contributed by atoms with Crippen molar-refractivity contribution in [3.05, 3.63) is 16.6 Å². The summed E-state index contributed by atoms with van der Waals surface area (Å²) in [4.78, 5) is 1.32. The average Bonchev–Trinajstić information content (AvgIpc) is 2.37. The molecule has 0 amide bonds. The molecule has 56 valence electrons. The molecule has 2 nitrogen and oxygen atoms in total. The van der Waals surface area contributed by atoms with Crippen LogP contribution in [0.1, 0.15) is 17.5 Å². The van der Waals surface area contributed by atoms with E-state index in [2.05, 4.69) is 22.7 Å². The highest BCUT2D eigenvalue weighted by atomic mass is 32.1. The number of aromatic nitrogens is 1. The fraction of sp³-hybridized carbons (Fsp3) is 0.571. The second kappa shape index (κ2) is 3.68. The number of nitrogens with zero attached hydrogens (tertiary/aromatic N) is 1. The standard InChI is InChI=1S/C7H12N2S/c1-3-6-4-7(5-8-2)10-9-6/h4,8H,3,5H2,1-2H3. The van der Waals surface area contributed by atoms with Crippen molar-refractivity contribution in [3.63, 3.8) is 0 Å². The smallest absolute Gasteiger partial charge is 0.0542 e. The Morgan fingerprint density at radius 3 is 3.00 bits per heavy atom. The third-order valence-electron chi connectivity index (χ3n) is 1.32. The number of hydrogen-bond donors (Lipinski definition) is 1. The molecule has 1 heterocycles. The van der Waals surface area contributed by atoms with Gasteiger partial charge in [-0.2, -0.15) is 4.37 Å². The minimum absolute atomic E-state index is 0.942. The van der Waals surface area contributed by atoms with Gasteiger partial charge in [0.2, 0.25) is 0 Å². The maximum absolute atomic E-state index is 4.25. The van der Waals surface area contributed by atoms with Crippen LogP contribution in [-0.2, 0) is 13.0 Å². The van der Waals surface area contributed by atoms with E-state index in [9.17, 15) is 0 Å². The quantitative estimate of drug-likeness (QED) is 0.716. The van der Waals surface area contributed by atoms with Crippen molar-refractivity contribution in [2.24, 2.45) is 0 Å². The van der Waals surface area contributed by atoms with Gasteiger partial charge in [-0.25, -0.2) is 0 Å². The van der Waals surface area contributed by atoms with E-state index in [1.807, 2.05) is 7.05 Å². The first-order valence-electron chi connectivity index (χ1n) is 3.46. The van der Waals surface area contributed by atoms with Crippen LogP contribution in [-0.4, -0.2) is 11.4 Å². The summed E-state index contributed by atoms with van der Waals surface area (Å²) < 4.78 is 4.25. The van der Waals surface area contributed by atoms with Crippen LogP contribution in [0.4, 0.5) is 0 Å². The Labute approximate surface area is 65.4 Å². The summed E-state index contributed by atoms with van der Waals surface area (Å²) in [7, 11) is 1.95. The normalized spacial score (nSPS) is 10.2. The van der Waals surface area contributed by atoms with Crippen LogP contribution in [0.3, 0.4) is 0 Å². The zero-order chi connectivity index (χ0) is 7.40. The molecule has 0 fully saturated rings. The van der Waals surface area contributed by atoms with Gasteiger partial charge < -0.3 is 5.32 Å². The molecule has 1 aromatic rings. The Bertz CT molecular complexity index is 195. The predicted molar refractivity (Wildman–Crippen MR) is 44.3 cm³/mol. The summed E-state index contributed by atoms with van der Waals surface area (Å²) in [5.41, 5.74) is 1.20. The Morgan fingerprint density at radius 2 is 2.50 bits per heavy atom. The summed E-state index contributed by atoms with van der Waals surface area (Å²) in [6, 6.07) is 2.15. The van der Waals surface area contributed by atoms with Crippen molar-refractivity contribution in [3.8, 4) is 0 Å². The zero-order valence-electron chi connectivity index (χ0n) is 6.35. The highest BCUT2D eigenvalue weighted by Gasteiger charge is 1.96. The van der Waals surface area contributed by atoms with Crippen LogP contribution in [0.25, 0.3) is 0 Å². The van der Waals surface area contributed by atoms with Gasteiger partial charge in [0.15, 0.2) is 0 Å². The minimum Gasteiger partial charge on any atom is -0.315 e. The molecule has 3 heteroatoms. The molecule has 10 heavy (non-hydrogen) atoms. The Balaban J connectivity index is 2.59. The maximum Gasteiger partial charge on any atom is 0.0542 e. The van der Waals surface area contributed by atoms with Crippen molar-refractivity contribution >= 4 is 11.5 Å². The monoisotopic (exact) mass is 156 g/mol. The average molecular weight is 156 g/mol. The van der Waals surface area contributed by atoms with E-state index in [0.717, 1.165) is 13.0 Å². The van der Waals surface area contributed by atoms with Crippen LogP contribution in [0.5, 0.6) is 0 Å². The molecular weight excluding hydrogens is 144 g/mol. The van der Waals surface area contributed by atoms with Gasteiger partial charge in [0.1, 0.15) is 0 Å². The first-order valence-corrected chi connectivity index (χ1v) is 4.23. The maximum atomic E-state index is 4.25. The molecule has 1 N–H and O–H groups in total. The molecule has 0 aliphatic rings. The summed E-state index contributed by atoms with van der Waals surface area (Å²) in [5.74, 6) is 0. The lowest BCUT2D eigenvalue weighted by Crippen LogP contribution is -2.02. The van der Waals surface area contributed by atoms with E-state index in [0.29, 0.717) is 0 Å². The van der Waals surface area contributed by atoms with Gasteiger partial charge >= 0.3 is 0 Å². The molecule has 1 rings (SSSR count). The largest absolute Gasteiger partial charge is 0.315 e. The van der Waals surface area contributed by atoms with Crippen molar-refractivity contribution in [2.75, 3.05) is 7.05 Å². The number of aryl methyl sites for hydroxylation is 1. The zero-order valence-corrected chi connectivity index (χ0v) is 7.16. The van der Waals surface area contributed by atoms with Gasteiger partial charge in [-0.05, 0) is 31.1 Å². The molecule has 0 aliphatic heterocycles. The van der Waals surface area contributed by atoms with E-state index in [4.69, 9.17) is 0 Å². The fourth-order valence-corrected chi connectivity index (χ4v) is 1.59. The molecule has 0 aliphatic carbocycles. The van der Waals surface area contributed by atoms with Crippen molar-refractivity contribution in [2.45, 2.75) is 19.9 Å². The lowest BCUT2D eigenvalue weighted by Gasteiger charge is -1.88. The van der Waals surface area contributed by atoms with E-state index < -0.39 is 0 Å². The third-order valence-corrected chi connectivity index (χ3v) is 2.14. The third kappa shape index (κ3) is 1.78. The molecule has 0 bridgehead atoms. The first kappa shape index (κ1) is 7.69. The van der Waals surface area contributed by atoms with Gasteiger partial charge in [0.25, 0.3) is 0 Å². The minimum atomic E-state index is 0.942. The lowest BCUT2D eigenvalue weighted by molar-refractivity contribution is 0.830. The Morgan fingerprint density at radius 1 is 1.70 bits per heavy atom. The molecular formula is C7H12N2S. The van der Waals surface area contributed by atoms with E-state index in [1.165, 1.54) is 10.6 Å². The van der Waals surface area contributed by atoms with Gasteiger partial charge in [-0.3, -0.25) is 0 Å². The Hall–Kier alpha value is -0.410. The molecule has 0 unspecified atom stereocenters. The van der Waals surface area contributed by atoms with Crippen molar-refractivity contribution in [1.29, 1.82) is 0 Å². The van der Waals surface area contributed by atoms with Crippen LogP contribution < -0.4 is 5.32 Å². The molecule has 1 aromatic heterocycles. The molecule has 0 atom stereocenters. The van der Waals surface area contributed by atoms with E-state index in [-0.39, 0.29) is 0 Å². The second-order valence-electron chi connectivity index (χ2n) is 2.17. The molecule has 0 saturated heterocycles. The predicted octanol–water partition coefficient (Wildman–Crippen LogP) is 1.42. The van der Waals surface area contributed by atoms with Crippen LogP contribution >= 0.6 is 11.5 Å². The topological polar surface area (TPSA) is 24.9 Å². The number of rotatable bonds is 3. The SMILES string of the molecule is CCc1cc(CNC)sn1. The summed E-state index contributed by atoms with van der Waals surface area (Å²) in [6.45, 7) is 3.07. The molecule has 0 saturated carbocycles. The van der Waals surface area contributed by atoms with Gasteiger partial charge in [0, 0.05) is 11.4 Å². The van der Waals surface area contributed by atoms with Crippen molar-refractivity contribution < 1.29 is 0 Å². The lowest BCUT2D eigenvalue weighted by atomic mass is 10.3.